The van der Waals surface area contributed by atoms with E-state index in [2.05, 4.69) is 30.4 Å². The van der Waals surface area contributed by atoms with Crippen LogP contribution in [0.2, 0.25) is 0 Å². The van der Waals surface area contributed by atoms with E-state index in [1.54, 1.807) is 7.11 Å². The topological polar surface area (TPSA) is 34.1 Å². The summed E-state index contributed by atoms with van der Waals surface area (Å²) < 4.78 is 5.41. The molecule has 112 valence electrons. The molecule has 21 heavy (non-hydrogen) atoms. The molecule has 2 unspecified atom stereocenters. The van der Waals surface area contributed by atoms with Gasteiger partial charge in [-0.1, -0.05) is 38.0 Å². The van der Waals surface area contributed by atoms with E-state index < -0.39 is 0 Å². The number of hydrogen-bond acceptors (Lipinski definition) is 3. The highest BCUT2D eigenvalue weighted by molar-refractivity contribution is 5.84. The Hall–Kier alpha value is -1.61. The molecule has 1 aromatic carbocycles. The van der Waals surface area contributed by atoms with Gasteiger partial charge in [-0.25, -0.2) is 4.98 Å². The van der Waals surface area contributed by atoms with Gasteiger partial charge in [-0.05, 0) is 30.9 Å². The van der Waals surface area contributed by atoms with Crippen molar-refractivity contribution in [3.05, 3.63) is 36.0 Å². The van der Waals surface area contributed by atoms with Gasteiger partial charge in [0.15, 0.2) is 0 Å². The molecule has 0 aliphatic heterocycles. The van der Waals surface area contributed by atoms with Crippen LogP contribution in [0.4, 0.5) is 0 Å². The number of aromatic nitrogens is 1. The van der Waals surface area contributed by atoms with Crippen molar-refractivity contribution in [1.82, 2.24) is 10.3 Å². The Kier molecular flexibility index (Phi) is 4.39. The molecule has 3 rings (SSSR count). The summed E-state index contributed by atoms with van der Waals surface area (Å²) >= 11 is 0. The number of methoxy groups -OCH3 is 1. The van der Waals surface area contributed by atoms with Crippen molar-refractivity contribution >= 4 is 10.9 Å². The van der Waals surface area contributed by atoms with E-state index >= 15 is 0 Å². The van der Waals surface area contributed by atoms with Crippen LogP contribution in [0.1, 0.15) is 38.3 Å². The van der Waals surface area contributed by atoms with E-state index in [-0.39, 0.29) is 0 Å². The molecule has 1 heterocycles. The molecular weight excluding hydrogens is 260 g/mol. The van der Waals surface area contributed by atoms with E-state index in [0.29, 0.717) is 6.04 Å². The van der Waals surface area contributed by atoms with Gasteiger partial charge in [0, 0.05) is 18.0 Å². The third-order valence-electron chi connectivity index (χ3n) is 4.47. The van der Waals surface area contributed by atoms with Crippen LogP contribution in [0.5, 0.6) is 5.75 Å². The van der Waals surface area contributed by atoms with Crippen LogP contribution in [-0.4, -0.2) is 18.1 Å². The van der Waals surface area contributed by atoms with E-state index in [1.165, 1.54) is 25.7 Å². The Balaban J connectivity index is 1.72. The molecule has 3 heteroatoms. The fourth-order valence-corrected chi connectivity index (χ4v) is 3.29. The molecule has 1 fully saturated rings. The number of nitrogens with one attached hydrogen (secondary N) is 1. The molecule has 0 amide bonds. The summed E-state index contributed by atoms with van der Waals surface area (Å²) in [7, 11) is 1.70. The molecule has 2 aromatic rings. The summed E-state index contributed by atoms with van der Waals surface area (Å²) in [4.78, 5) is 4.76. The first-order valence-electron chi connectivity index (χ1n) is 7.92. The van der Waals surface area contributed by atoms with Crippen molar-refractivity contribution in [1.29, 1.82) is 0 Å². The maximum absolute atomic E-state index is 5.41. The van der Waals surface area contributed by atoms with E-state index in [4.69, 9.17) is 9.72 Å². The molecular formula is C18H24N2O. The van der Waals surface area contributed by atoms with Crippen molar-refractivity contribution in [3.63, 3.8) is 0 Å². The Labute approximate surface area is 126 Å². The Bertz CT molecular complexity index is 611. The van der Waals surface area contributed by atoms with Crippen LogP contribution in [0.25, 0.3) is 10.9 Å². The molecule has 0 radical (unpaired) electrons. The summed E-state index contributed by atoms with van der Waals surface area (Å²) in [6, 6.07) is 10.9. The first-order chi connectivity index (χ1) is 10.3. The van der Waals surface area contributed by atoms with Gasteiger partial charge in [-0.3, -0.25) is 0 Å². The highest BCUT2D eigenvalue weighted by Crippen LogP contribution is 2.25. The second-order valence-electron chi connectivity index (χ2n) is 6.18. The second-order valence-corrected chi connectivity index (χ2v) is 6.18. The maximum atomic E-state index is 5.41. The van der Waals surface area contributed by atoms with Gasteiger partial charge in [0.1, 0.15) is 11.3 Å². The number of benzene rings is 1. The van der Waals surface area contributed by atoms with Gasteiger partial charge < -0.3 is 10.1 Å². The van der Waals surface area contributed by atoms with Crippen LogP contribution < -0.4 is 10.1 Å². The molecule has 0 spiro atoms. The van der Waals surface area contributed by atoms with Gasteiger partial charge in [0.05, 0.1) is 12.8 Å². The molecule has 1 N–H and O–H groups in total. The highest BCUT2D eigenvalue weighted by Gasteiger charge is 2.18. The number of hydrogen-bond donors (Lipinski definition) is 1. The zero-order valence-corrected chi connectivity index (χ0v) is 12.9. The monoisotopic (exact) mass is 284 g/mol. The summed E-state index contributed by atoms with van der Waals surface area (Å²) in [6.45, 7) is 3.19. The van der Waals surface area contributed by atoms with Gasteiger partial charge in [0.25, 0.3) is 0 Å². The molecule has 0 saturated heterocycles. The molecule has 1 aliphatic carbocycles. The standard InChI is InChI=1S/C18H24N2O/c1-13-5-3-7-15(11-13)19-12-16-10-9-14-6-4-8-17(21-2)18(14)20-16/h4,6,8-10,13,15,19H,3,5,7,11-12H2,1-2H3. The molecule has 1 aliphatic rings. The lowest BCUT2D eigenvalue weighted by Crippen LogP contribution is -2.33. The predicted octanol–water partition coefficient (Wildman–Crippen LogP) is 3.91. The Morgan fingerprint density at radius 2 is 2.14 bits per heavy atom. The van der Waals surface area contributed by atoms with Crippen molar-refractivity contribution in [2.24, 2.45) is 5.92 Å². The lowest BCUT2D eigenvalue weighted by atomic mass is 9.87. The van der Waals surface area contributed by atoms with Crippen LogP contribution in [0.3, 0.4) is 0 Å². The summed E-state index contributed by atoms with van der Waals surface area (Å²) in [5.74, 6) is 1.70. The quantitative estimate of drug-likeness (QED) is 0.924. The summed E-state index contributed by atoms with van der Waals surface area (Å²) in [6.07, 6.45) is 5.31. The zero-order valence-electron chi connectivity index (χ0n) is 12.9. The number of para-hydroxylation sites is 1. The smallest absolute Gasteiger partial charge is 0.145 e. The average Bonchev–Trinajstić information content (AvgIpc) is 2.52. The molecule has 2 atom stereocenters. The number of nitrogens with zero attached hydrogens (tertiary/aromatic N) is 1. The minimum absolute atomic E-state index is 0.643. The molecule has 3 nitrogen and oxygen atoms in total. The minimum Gasteiger partial charge on any atom is -0.494 e. The van der Waals surface area contributed by atoms with E-state index in [1.807, 2.05) is 12.1 Å². The van der Waals surface area contributed by atoms with Crippen LogP contribution >= 0.6 is 0 Å². The number of rotatable bonds is 4. The molecule has 0 bridgehead atoms. The maximum Gasteiger partial charge on any atom is 0.145 e. The van der Waals surface area contributed by atoms with Crippen LogP contribution in [0.15, 0.2) is 30.3 Å². The lowest BCUT2D eigenvalue weighted by molar-refractivity contribution is 0.300. The minimum atomic E-state index is 0.643. The zero-order chi connectivity index (χ0) is 14.7. The third-order valence-corrected chi connectivity index (χ3v) is 4.47. The van der Waals surface area contributed by atoms with Gasteiger partial charge in [0.2, 0.25) is 0 Å². The first-order valence-corrected chi connectivity index (χ1v) is 7.92. The van der Waals surface area contributed by atoms with Crippen molar-refractivity contribution < 1.29 is 4.74 Å². The summed E-state index contributed by atoms with van der Waals surface area (Å²) in [5.41, 5.74) is 2.04. The fourth-order valence-electron chi connectivity index (χ4n) is 3.29. The largest absolute Gasteiger partial charge is 0.494 e. The van der Waals surface area contributed by atoms with Crippen molar-refractivity contribution in [2.75, 3.05) is 7.11 Å². The van der Waals surface area contributed by atoms with Gasteiger partial charge in [-0.15, -0.1) is 0 Å². The van der Waals surface area contributed by atoms with Crippen molar-refractivity contribution in [3.8, 4) is 5.75 Å². The number of fused-ring (bicyclic) bond motifs is 1. The second kappa shape index (κ2) is 6.44. The highest BCUT2D eigenvalue weighted by atomic mass is 16.5. The average molecular weight is 284 g/mol. The van der Waals surface area contributed by atoms with Gasteiger partial charge in [-0.2, -0.15) is 0 Å². The van der Waals surface area contributed by atoms with Crippen molar-refractivity contribution in [2.45, 2.75) is 45.2 Å². The van der Waals surface area contributed by atoms with E-state index in [9.17, 15) is 0 Å². The SMILES string of the molecule is COc1cccc2ccc(CNC3CCCC(C)C3)nc12. The number of ether oxygens (including phenoxy) is 1. The molecule has 1 aromatic heterocycles. The van der Waals surface area contributed by atoms with Crippen LogP contribution in [-0.2, 0) is 6.54 Å². The lowest BCUT2D eigenvalue weighted by Gasteiger charge is -2.27. The normalized spacial score (nSPS) is 22.4. The first kappa shape index (κ1) is 14.3. The Morgan fingerprint density at radius 3 is 2.95 bits per heavy atom. The summed E-state index contributed by atoms with van der Waals surface area (Å²) in [5, 5.41) is 4.80. The van der Waals surface area contributed by atoms with E-state index in [0.717, 1.165) is 34.8 Å². The van der Waals surface area contributed by atoms with Gasteiger partial charge >= 0.3 is 0 Å². The number of pyridine rings is 1. The fraction of sp³-hybridized carbons (Fsp3) is 0.500. The predicted molar refractivity (Wildman–Crippen MR) is 86.6 cm³/mol. The third kappa shape index (κ3) is 3.35. The Morgan fingerprint density at radius 1 is 1.24 bits per heavy atom. The van der Waals surface area contributed by atoms with Crippen LogP contribution in [0, 0.1) is 5.92 Å². The molecule has 1 saturated carbocycles.